The number of ether oxygens (including phenoxy) is 1. The van der Waals surface area contributed by atoms with Crippen LogP contribution in [0.5, 0.6) is 0 Å². The monoisotopic (exact) mass is 212 g/mol. The Bertz CT molecular complexity index is 229. The second-order valence-corrected chi connectivity index (χ2v) is 4.71. The Morgan fingerprint density at radius 1 is 1.33 bits per heavy atom. The van der Waals surface area contributed by atoms with Crippen LogP contribution in [0.4, 0.5) is 0 Å². The SMILES string of the molecule is CC1CN(C(=O)[C@H]2CCCO2)CC(C)N1. The van der Waals surface area contributed by atoms with Crippen molar-refractivity contribution in [3.8, 4) is 0 Å². The molecule has 4 nitrogen and oxygen atoms in total. The molecule has 0 aromatic carbocycles. The van der Waals surface area contributed by atoms with Gasteiger partial charge in [0.05, 0.1) is 0 Å². The van der Waals surface area contributed by atoms with Crippen molar-refractivity contribution in [3.05, 3.63) is 0 Å². The van der Waals surface area contributed by atoms with Gasteiger partial charge in [0.2, 0.25) is 0 Å². The summed E-state index contributed by atoms with van der Waals surface area (Å²) in [6.45, 7) is 6.59. The van der Waals surface area contributed by atoms with Gasteiger partial charge < -0.3 is 15.0 Å². The normalized spacial score (nSPS) is 36.9. The number of piperazine rings is 1. The molecule has 15 heavy (non-hydrogen) atoms. The first-order valence-electron chi connectivity index (χ1n) is 5.83. The largest absolute Gasteiger partial charge is 0.368 e. The molecule has 1 amide bonds. The van der Waals surface area contributed by atoms with E-state index in [1.54, 1.807) is 0 Å². The highest BCUT2D eigenvalue weighted by atomic mass is 16.5. The Labute approximate surface area is 91.0 Å². The zero-order valence-electron chi connectivity index (χ0n) is 9.53. The Morgan fingerprint density at radius 2 is 2.00 bits per heavy atom. The second kappa shape index (κ2) is 4.49. The molecule has 2 aliphatic heterocycles. The smallest absolute Gasteiger partial charge is 0.251 e. The van der Waals surface area contributed by atoms with Crippen LogP contribution in [0.3, 0.4) is 0 Å². The molecule has 86 valence electrons. The van der Waals surface area contributed by atoms with E-state index in [0.717, 1.165) is 32.5 Å². The summed E-state index contributed by atoms with van der Waals surface area (Å²) in [6.07, 6.45) is 1.75. The van der Waals surface area contributed by atoms with Gasteiger partial charge in [-0.3, -0.25) is 4.79 Å². The van der Waals surface area contributed by atoms with E-state index in [-0.39, 0.29) is 12.0 Å². The highest BCUT2D eigenvalue weighted by Gasteiger charge is 2.31. The predicted molar refractivity (Wildman–Crippen MR) is 57.6 cm³/mol. The molecule has 2 rings (SSSR count). The second-order valence-electron chi connectivity index (χ2n) is 4.71. The van der Waals surface area contributed by atoms with E-state index < -0.39 is 0 Å². The molecule has 0 aromatic rings. The van der Waals surface area contributed by atoms with Crippen LogP contribution in [0.1, 0.15) is 26.7 Å². The number of hydrogen-bond donors (Lipinski definition) is 1. The number of carbonyl (C=O) groups is 1. The first-order chi connectivity index (χ1) is 7.16. The fourth-order valence-corrected chi connectivity index (χ4v) is 2.48. The van der Waals surface area contributed by atoms with Crippen LogP contribution in [0.2, 0.25) is 0 Å². The number of nitrogens with zero attached hydrogens (tertiary/aromatic N) is 1. The predicted octanol–water partition coefficient (Wildman–Crippen LogP) is 0.374. The lowest BCUT2D eigenvalue weighted by Gasteiger charge is -2.37. The summed E-state index contributed by atoms with van der Waals surface area (Å²) in [5.41, 5.74) is 0. The van der Waals surface area contributed by atoms with Gasteiger partial charge in [-0.25, -0.2) is 0 Å². The number of carbonyl (C=O) groups excluding carboxylic acids is 1. The molecule has 1 N–H and O–H groups in total. The van der Waals surface area contributed by atoms with E-state index in [9.17, 15) is 4.79 Å². The Hall–Kier alpha value is -0.610. The molecular weight excluding hydrogens is 192 g/mol. The highest BCUT2D eigenvalue weighted by Crippen LogP contribution is 2.16. The summed E-state index contributed by atoms with van der Waals surface area (Å²) in [5.74, 6) is 0.188. The lowest BCUT2D eigenvalue weighted by molar-refractivity contribution is -0.142. The number of amides is 1. The van der Waals surface area contributed by atoms with E-state index >= 15 is 0 Å². The minimum absolute atomic E-state index is 0.164. The van der Waals surface area contributed by atoms with Gasteiger partial charge in [0.1, 0.15) is 6.10 Å². The topological polar surface area (TPSA) is 41.6 Å². The summed E-state index contributed by atoms with van der Waals surface area (Å²) in [6, 6.07) is 0.776. The van der Waals surface area contributed by atoms with Gasteiger partial charge in [-0.05, 0) is 26.7 Å². The standard InChI is InChI=1S/C11H20N2O2/c1-8-6-13(7-9(2)12-8)11(14)10-4-3-5-15-10/h8-10,12H,3-7H2,1-2H3/t8?,9?,10-/m1/s1. The molecule has 0 bridgehead atoms. The summed E-state index contributed by atoms with van der Waals surface area (Å²) >= 11 is 0. The lowest BCUT2D eigenvalue weighted by Crippen LogP contribution is -2.57. The minimum atomic E-state index is -0.164. The van der Waals surface area contributed by atoms with Crippen LogP contribution in [-0.2, 0) is 9.53 Å². The van der Waals surface area contributed by atoms with Gasteiger partial charge in [-0.1, -0.05) is 0 Å². The molecule has 3 atom stereocenters. The average Bonchev–Trinajstić information content (AvgIpc) is 2.67. The van der Waals surface area contributed by atoms with Crippen LogP contribution >= 0.6 is 0 Å². The van der Waals surface area contributed by atoms with E-state index in [1.165, 1.54) is 0 Å². The summed E-state index contributed by atoms with van der Waals surface area (Å²) < 4.78 is 5.43. The molecule has 0 aliphatic carbocycles. The third-order valence-corrected chi connectivity index (χ3v) is 3.07. The molecule has 2 heterocycles. The third kappa shape index (κ3) is 2.49. The Morgan fingerprint density at radius 3 is 2.53 bits per heavy atom. The molecule has 2 saturated heterocycles. The van der Waals surface area contributed by atoms with Crippen molar-refractivity contribution < 1.29 is 9.53 Å². The molecule has 4 heteroatoms. The van der Waals surface area contributed by atoms with Crippen LogP contribution in [0.25, 0.3) is 0 Å². The van der Waals surface area contributed by atoms with Crippen molar-refractivity contribution in [3.63, 3.8) is 0 Å². The van der Waals surface area contributed by atoms with Crippen LogP contribution in [0.15, 0.2) is 0 Å². The van der Waals surface area contributed by atoms with Gasteiger partial charge in [0.25, 0.3) is 5.91 Å². The van der Waals surface area contributed by atoms with Crippen molar-refractivity contribution in [2.45, 2.75) is 44.9 Å². The maximum absolute atomic E-state index is 12.1. The van der Waals surface area contributed by atoms with Gasteiger partial charge >= 0.3 is 0 Å². The number of hydrogen-bond acceptors (Lipinski definition) is 3. The zero-order valence-corrected chi connectivity index (χ0v) is 9.53. The third-order valence-electron chi connectivity index (χ3n) is 3.07. The molecular formula is C11H20N2O2. The molecule has 2 fully saturated rings. The molecule has 2 unspecified atom stereocenters. The number of rotatable bonds is 1. The summed E-state index contributed by atoms with van der Waals surface area (Å²) in [4.78, 5) is 14.0. The van der Waals surface area contributed by atoms with E-state index in [0.29, 0.717) is 12.1 Å². The van der Waals surface area contributed by atoms with E-state index in [2.05, 4.69) is 19.2 Å². The van der Waals surface area contributed by atoms with Crippen molar-refractivity contribution >= 4 is 5.91 Å². The average molecular weight is 212 g/mol. The molecule has 2 aliphatic rings. The van der Waals surface area contributed by atoms with E-state index in [4.69, 9.17) is 4.74 Å². The van der Waals surface area contributed by atoms with Crippen molar-refractivity contribution in [1.82, 2.24) is 10.2 Å². The first-order valence-corrected chi connectivity index (χ1v) is 5.83. The van der Waals surface area contributed by atoms with Gasteiger partial charge in [0, 0.05) is 31.8 Å². The maximum Gasteiger partial charge on any atom is 0.251 e. The fraction of sp³-hybridized carbons (Fsp3) is 0.909. The van der Waals surface area contributed by atoms with Gasteiger partial charge in [-0.15, -0.1) is 0 Å². The minimum Gasteiger partial charge on any atom is -0.368 e. The van der Waals surface area contributed by atoms with Gasteiger partial charge in [-0.2, -0.15) is 0 Å². The molecule has 0 saturated carbocycles. The molecule has 0 aromatic heterocycles. The zero-order chi connectivity index (χ0) is 10.8. The molecule has 0 radical (unpaired) electrons. The first kappa shape index (κ1) is 10.9. The Balaban J connectivity index is 1.93. The van der Waals surface area contributed by atoms with Crippen LogP contribution < -0.4 is 5.32 Å². The maximum atomic E-state index is 12.1. The quantitative estimate of drug-likeness (QED) is 0.683. The summed E-state index contributed by atoms with van der Waals surface area (Å²) in [5, 5.41) is 3.42. The number of nitrogens with one attached hydrogen (secondary N) is 1. The van der Waals surface area contributed by atoms with E-state index in [1.807, 2.05) is 4.90 Å². The fourth-order valence-electron chi connectivity index (χ4n) is 2.48. The van der Waals surface area contributed by atoms with Crippen LogP contribution in [-0.4, -0.2) is 48.7 Å². The highest BCUT2D eigenvalue weighted by molar-refractivity contribution is 5.81. The summed E-state index contributed by atoms with van der Waals surface area (Å²) in [7, 11) is 0. The van der Waals surface area contributed by atoms with Crippen molar-refractivity contribution in [2.75, 3.05) is 19.7 Å². The van der Waals surface area contributed by atoms with Gasteiger partial charge in [0.15, 0.2) is 0 Å². The lowest BCUT2D eigenvalue weighted by atomic mass is 10.1. The van der Waals surface area contributed by atoms with Crippen LogP contribution in [0, 0.1) is 0 Å². The van der Waals surface area contributed by atoms with Crippen molar-refractivity contribution in [2.24, 2.45) is 0 Å². The van der Waals surface area contributed by atoms with Crippen molar-refractivity contribution in [1.29, 1.82) is 0 Å². The Kier molecular flexibility index (Phi) is 3.26. The molecule has 0 spiro atoms.